The van der Waals surface area contributed by atoms with Crippen LogP contribution in [0, 0.1) is 0 Å². The monoisotopic (exact) mass is 406 g/mol. The van der Waals surface area contributed by atoms with Crippen LogP contribution in [0.2, 0.25) is 5.02 Å². The lowest BCUT2D eigenvalue weighted by Crippen LogP contribution is -2.37. The third-order valence-electron chi connectivity index (χ3n) is 3.64. The average molecular weight is 407 g/mol. The van der Waals surface area contributed by atoms with Crippen molar-refractivity contribution in [3.05, 3.63) is 62.1 Å². The number of hydrogen-bond donors (Lipinski definition) is 1. The molecule has 0 spiro atoms. The molecule has 1 fully saturated rings. The fourth-order valence-electron chi connectivity index (χ4n) is 2.35. The van der Waals surface area contributed by atoms with Crippen LogP contribution in [0.25, 0.3) is 6.08 Å². The molecule has 1 aliphatic rings. The van der Waals surface area contributed by atoms with Gasteiger partial charge in [0.2, 0.25) is 5.91 Å². The maximum Gasteiger partial charge on any atom is 0.293 e. The topological polar surface area (TPSA) is 66.5 Å². The molecule has 0 radical (unpaired) electrons. The molecule has 1 N–H and O–H groups in total. The first-order chi connectivity index (χ1) is 12.5. The van der Waals surface area contributed by atoms with Crippen molar-refractivity contribution in [2.75, 3.05) is 13.1 Å². The van der Waals surface area contributed by atoms with Gasteiger partial charge in [-0.2, -0.15) is 11.3 Å². The van der Waals surface area contributed by atoms with Crippen LogP contribution in [-0.2, 0) is 16.0 Å². The summed E-state index contributed by atoms with van der Waals surface area (Å²) in [5, 5.41) is 6.84. The fraction of sp³-hybridized carbons (Fsp3) is 0.167. The number of nitrogens with zero attached hydrogens (tertiary/aromatic N) is 1. The van der Waals surface area contributed by atoms with E-state index >= 15 is 0 Å². The van der Waals surface area contributed by atoms with Crippen LogP contribution in [0.3, 0.4) is 0 Å². The van der Waals surface area contributed by atoms with E-state index in [0.29, 0.717) is 16.3 Å². The van der Waals surface area contributed by atoms with Gasteiger partial charge in [-0.05, 0) is 57.9 Å². The van der Waals surface area contributed by atoms with E-state index in [9.17, 15) is 14.4 Å². The minimum Gasteiger partial charge on any atom is -0.354 e. The summed E-state index contributed by atoms with van der Waals surface area (Å²) in [6.45, 7) is 0.382. The van der Waals surface area contributed by atoms with Gasteiger partial charge in [0.25, 0.3) is 11.1 Å². The number of halogens is 1. The predicted molar refractivity (Wildman–Crippen MR) is 105 cm³/mol. The highest BCUT2D eigenvalue weighted by Crippen LogP contribution is 2.32. The van der Waals surface area contributed by atoms with Gasteiger partial charge in [-0.3, -0.25) is 19.3 Å². The number of nitrogens with one attached hydrogen (secondary N) is 1. The molecule has 0 bridgehead atoms. The molecule has 8 heteroatoms. The normalized spacial score (nSPS) is 15.7. The molecule has 1 saturated heterocycles. The summed E-state index contributed by atoms with van der Waals surface area (Å²) < 4.78 is 0. The fourth-order valence-corrected chi connectivity index (χ4v) is 4.01. The molecular weight excluding hydrogens is 392 g/mol. The molecule has 3 amide bonds. The van der Waals surface area contributed by atoms with Gasteiger partial charge in [-0.15, -0.1) is 0 Å². The zero-order chi connectivity index (χ0) is 18.5. The van der Waals surface area contributed by atoms with Crippen molar-refractivity contribution in [1.29, 1.82) is 0 Å². The van der Waals surface area contributed by atoms with Crippen LogP contribution in [-0.4, -0.2) is 35.0 Å². The average Bonchev–Trinajstić information content (AvgIpc) is 3.20. The van der Waals surface area contributed by atoms with Gasteiger partial charge < -0.3 is 5.32 Å². The molecule has 2 aromatic rings. The second-order valence-corrected chi connectivity index (χ2v) is 7.75. The Morgan fingerprint density at radius 3 is 2.65 bits per heavy atom. The maximum atomic E-state index is 12.4. The van der Waals surface area contributed by atoms with Gasteiger partial charge in [0.05, 0.1) is 11.3 Å². The highest BCUT2D eigenvalue weighted by molar-refractivity contribution is 8.18. The summed E-state index contributed by atoms with van der Waals surface area (Å²) in [5.41, 5.74) is 1.74. The Labute approximate surface area is 164 Å². The predicted octanol–water partition coefficient (Wildman–Crippen LogP) is 3.80. The van der Waals surface area contributed by atoms with Crippen molar-refractivity contribution in [1.82, 2.24) is 10.2 Å². The minimum atomic E-state index is -0.345. The van der Waals surface area contributed by atoms with E-state index in [-0.39, 0.29) is 30.1 Å². The Kier molecular flexibility index (Phi) is 6.13. The molecule has 1 aromatic heterocycles. The molecular formula is C18H15ClN2O3S2. The summed E-state index contributed by atoms with van der Waals surface area (Å²) in [7, 11) is 0. The Morgan fingerprint density at radius 1 is 1.19 bits per heavy atom. The van der Waals surface area contributed by atoms with Crippen LogP contribution in [0.15, 0.2) is 46.0 Å². The molecule has 0 unspecified atom stereocenters. The zero-order valence-electron chi connectivity index (χ0n) is 13.6. The van der Waals surface area contributed by atoms with Gasteiger partial charge in [0.1, 0.15) is 0 Å². The number of carbonyl (C=O) groups excluding carboxylic acids is 3. The van der Waals surface area contributed by atoms with E-state index in [2.05, 4.69) is 5.32 Å². The number of thioether (sulfide) groups is 1. The van der Waals surface area contributed by atoms with Crippen LogP contribution in [0.5, 0.6) is 0 Å². The zero-order valence-corrected chi connectivity index (χ0v) is 16.0. The van der Waals surface area contributed by atoms with E-state index in [4.69, 9.17) is 11.6 Å². The minimum absolute atomic E-state index is 0.132. The van der Waals surface area contributed by atoms with Gasteiger partial charge in [-0.1, -0.05) is 23.7 Å². The molecule has 5 nitrogen and oxygen atoms in total. The van der Waals surface area contributed by atoms with Crippen LogP contribution >= 0.6 is 34.7 Å². The highest BCUT2D eigenvalue weighted by atomic mass is 35.5. The summed E-state index contributed by atoms with van der Waals surface area (Å²) in [4.78, 5) is 37.8. The third kappa shape index (κ3) is 4.75. The molecule has 0 saturated carbocycles. The summed E-state index contributed by atoms with van der Waals surface area (Å²) in [5.74, 6) is -0.478. The van der Waals surface area contributed by atoms with Crippen LogP contribution in [0.1, 0.15) is 11.1 Å². The van der Waals surface area contributed by atoms with Gasteiger partial charge in [-0.25, -0.2) is 0 Å². The number of imide groups is 1. The first-order valence-electron chi connectivity index (χ1n) is 7.81. The second kappa shape index (κ2) is 8.53. The van der Waals surface area contributed by atoms with Crippen LogP contribution < -0.4 is 5.32 Å². The lowest BCUT2D eigenvalue weighted by atomic mass is 10.2. The lowest BCUT2D eigenvalue weighted by molar-refractivity contribution is -0.124. The first-order valence-corrected chi connectivity index (χ1v) is 9.95. The largest absolute Gasteiger partial charge is 0.354 e. The van der Waals surface area contributed by atoms with E-state index in [1.165, 1.54) is 11.3 Å². The molecule has 3 rings (SSSR count). The maximum absolute atomic E-state index is 12.4. The summed E-state index contributed by atoms with van der Waals surface area (Å²) in [6, 6.07) is 8.89. The van der Waals surface area contributed by atoms with Crippen molar-refractivity contribution in [2.24, 2.45) is 0 Å². The highest BCUT2D eigenvalue weighted by Gasteiger charge is 2.34. The van der Waals surface area contributed by atoms with Crippen LogP contribution in [0.4, 0.5) is 4.79 Å². The van der Waals surface area contributed by atoms with Crippen molar-refractivity contribution in [3.8, 4) is 0 Å². The number of amides is 3. The van der Waals surface area contributed by atoms with Gasteiger partial charge in [0.15, 0.2) is 0 Å². The van der Waals surface area contributed by atoms with Crippen molar-refractivity contribution in [2.45, 2.75) is 6.42 Å². The number of carbonyl (C=O) groups is 3. The molecule has 2 heterocycles. The molecule has 0 aliphatic carbocycles. The summed E-state index contributed by atoms with van der Waals surface area (Å²) >= 11 is 8.27. The van der Waals surface area contributed by atoms with Gasteiger partial charge >= 0.3 is 0 Å². The standard InChI is InChI=1S/C18H15ClN2O3S2/c19-14-3-1-12(2-4-14)9-15-17(23)21(18(24)26-15)7-6-20-16(22)10-13-5-8-25-11-13/h1-5,8-9,11H,6-7,10H2,(H,20,22). The lowest BCUT2D eigenvalue weighted by Gasteiger charge is -2.12. The molecule has 1 aromatic carbocycles. The molecule has 1 aliphatic heterocycles. The SMILES string of the molecule is O=C(Cc1ccsc1)NCCN1C(=O)SC(=Cc2ccc(Cl)cc2)C1=O. The Bertz CT molecular complexity index is 848. The Morgan fingerprint density at radius 2 is 1.96 bits per heavy atom. The number of benzene rings is 1. The Hall–Kier alpha value is -2.09. The number of thiophene rings is 1. The van der Waals surface area contributed by atoms with Gasteiger partial charge in [0, 0.05) is 18.1 Å². The van der Waals surface area contributed by atoms with Crippen molar-refractivity contribution < 1.29 is 14.4 Å². The molecule has 26 heavy (non-hydrogen) atoms. The molecule has 0 atom stereocenters. The van der Waals surface area contributed by atoms with Crippen molar-refractivity contribution in [3.63, 3.8) is 0 Å². The Balaban J connectivity index is 1.54. The first kappa shape index (κ1) is 18.7. The quantitative estimate of drug-likeness (QED) is 0.741. The van der Waals surface area contributed by atoms with E-state index in [0.717, 1.165) is 27.8 Å². The van der Waals surface area contributed by atoms with Crippen molar-refractivity contribution >= 4 is 57.8 Å². The van der Waals surface area contributed by atoms with E-state index < -0.39 is 0 Å². The number of rotatable bonds is 6. The summed E-state index contributed by atoms with van der Waals surface area (Å²) in [6.07, 6.45) is 1.96. The van der Waals surface area contributed by atoms with E-state index in [1.807, 2.05) is 16.8 Å². The number of hydrogen-bond acceptors (Lipinski definition) is 5. The second-order valence-electron chi connectivity index (χ2n) is 5.54. The third-order valence-corrected chi connectivity index (χ3v) is 5.54. The molecule has 134 valence electrons. The van der Waals surface area contributed by atoms with E-state index in [1.54, 1.807) is 30.3 Å². The smallest absolute Gasteiger partial charge is 0.293 e.